The third kappa shape index (κ3) is 4.90. The molecule has 0 saturated carbocycles. The van der Waals surface area contributed by atoms with Crippen molar-refractivity contribution in [2.75, 3.05) is 6.54 Å². The normalized spacial score (nSPS) is 17.5. The number of hydrogen-bond donors (Lipinski definition) is 2. The van der Waals surface area contributed by atoms with E-state index in [9.17, 15) is 9.59 Å². The zero-order valence-corrected chi connectivity index (χ0v) is 18.5. The van der Waals surface area contributed by atoms with Gasteiger partial charge in [-0.25, -0.2) is 4.98 Å². The van der Waals surface area contributed by atoms with Crippen LogP contribution in [0.3, 0.4) is 0 Å². The van der Waals surface area contributed by atoms with Crippen molar-refractivity contribution in [1.29, 1.82) is 0 Å². The van der Waals surface area contributed by atoms with Gasteiger partial charge < -0.3 is 15.2 Å². The lowest BCUT2D eigenvalue weighted by atomic mass is 10.0. The van der Waals surface area contributed by atoms with Gasteiger partial charge in [0.25, 0.3) is 0 Å². The van der Waals surface area contributed by atoms with Crippen LogP contribution in [-0.4, -0.2) is 33.2 Å². The van der Waals surface area contributed by atoms with E-state index in [0.29, 0.717) is 24.0 Å². The third-order valence-electron chi connectivity index (χ3n) is 5.67. The molecule has 1 aliphatic rings. The molecule has 0 aliphatic carbocycles. The molecule has 2 N–H and O–H groups in total. The molecule has 1 fully saturated rings. The predicted octanol–water partition coefficient (Wildman–Crippen LogP) is 4.47. The highest BCUT2D eigenvalue weighted by Gasteiger charge is 2.35. The number of benzene rings is 2. The average molecular weight is 439 g/mol. The first-order chi connectivity index (χ1) is 14.9. The summed E-state index contributed by atoms with van der Waals surface area (Å²) in [5.74, 6) is 0.611. The number of aromatic nitrogens is 2. The van der Waals surface area contributed by atoms with Crippen LogP contribution in [0, 0.1) is 11.8 Å². The second-order valence-electron chi connectivity index (χ2n) is 8.60. The Balaban J connectivity index is 1.46. The molecule has 2 aromatic carbocycles. The number of H-pyrrole nitrogens is 1. The maximum Gasteiger partial charge on any atom is 0.226 e. The lowest BCUT2D eigenvalue weighted by Gasteiger charge is -2.21. The van der Waals surface area contributed by atoms with Gasteiger partial charge in [-0.1, -0.05) is 55.8 Å². The summed E-state index contributed by atoms with van der Waals surface area (Å²) in [5.41, 5.74) is 2.71. The van der Waals surface area contributed by atoms with Gasteiger partial charge in [0, 0.05) is 24.5 Å². The van der Waals surface area contributed by atoms with Crippen molar-refractivity contribution in [1.82, 2.24) is 20.2 Å². The van der Waals surface area contributed by atoms with Gasteiger partial charge in [0.15, 0.2) is 0 Å². The zero-order valence-electron chi connectivity index (χ0n) is 17.8. The number of aromatic amines is 1. The summed E-state index contributed by atoms with van der Waals surface area (Å²) < 4.78 is 0. The van der Waals surface area contributed by atoms with Crippen LogP contribution in [0.15, 0.2) is 48.5 Å². The van der Waals surface area contributed by atoms with Crippen molar-refractivity contribution in [2.45, 2.75) is 39.3 Å². The molecule has 3 aromatic rings. The van der Waals surface area contributed by atoms with Crippen molar-refractivity contribution >= 4 is 34.4 Å². The molecule has 7 heteroatoms. The molecule has 2 amide bonds. The van der Waals surface area contributed by atoms with Crippen LogP contribution < -0.4 is 5.32 Å². The molecule has 0 bridgehead atoms. The third-order valence-corrected chi connectivity index (χ3v) is 6.03. The number of likely N-dealkylation sites (tertiary alicyclic amines) is 1. The number of hydrogen-bond acceptors (Lipinski definition) is 3. The quantitative estimate of drug-likeness (QED) is 0.571. The fraction of sp³-hybridized carbons (Fsp3) is 0.375. The summed E-state index contributed by atoms with van der Waals surface area (Å²) >= 11 is 6.24. The van der Waals surface area contributed by atoms with E-state index in [1.54, 1.807) is 4.90 Å². The second-order valence-corrected chi connectivity index (χ2v) is 9.00. The summed E-state index contributed by atoms with van der Waals surface area (Å²) in [6, 6.07) is 15.1. The molecule has 1 aliphatic heterocycles. The number of nitrogens with one attached hydrogen (secondary N) is 2. The van der Waals surface area contributed by atoms with Crippen LogP contribution in [0.2, 0.25) is 5.02 Å². The Morgan fingerprint density at radius 2 is 1.97 bits per heavy atom. The number of fused-ring (bicyclic) bond motifs is 1. The topological polar surface area (TPSA) is 78.1 Å². The smallest absolute Gasteiger partial charge is 0.226 e. The van der Waals surface area contributed by atoms with Crippen molar-refractivity contribution in [3.8, 4) is 0 Å². The molecule has 0 radical (unpaired) electrons. The number of para-hydroxylation sites is 2. The van der Waals surface area contributed by atoms with E-state index in [2.05, 4.69) is 29.1 Å². The number of carbonyl (C=O) groups is 2. The minimum absolute atomic E-state index is 0.0239. The van der Waals surface area contributed by atoms with Crippen LogP contribution >= 0.6 is 11.6 Å². The van der Waals surface area contributed by atoms with Crippen LogP contribution in [0.5, 0.6) is 0 Å². The first kappa shape index (κ1) is 21.4. The molecule has 0 spiro atoms. The number of halogens is 1. The van der Waals surface area contributed by atoms with Crippen molar-refractivity contribution in [3.05, 3.63) is 64.9 Å². The van der Waals surface area contributed by atoms with Gasteiger partial charge in [-0.05, 0) is 36.1 Å². The molecule has 6 nitrogen and oxygen atoms in total. The molecule has 162 valence electrons. The molecule has 2 heterocycles. The standard InChI is InChI=1S/C24H27ClN4O2/c1-15(2)11-21(23-26-19-9-5-6-10-20(19)27-23)28-24(31)17-12-22(30)29(14-17)13-16-7-3-4-8-18(16)25/h3-10,15,17,21H,11-14H2,1-2H3,(H,26,27)(H,28,31)/t17?,21-/m0/s1. The minimum atomic E-state index is -0.381. The largest absolute Gasteiger partial charge is 0.346 e. The highest BCUT2D eigenvalue weighted by Crippen LogP contribution is 2.26. The zero-order chi connectivity index (χ0) is 22.0. The first-order valence-corrected chi connectivity index (χ1v) is 11.0. The molecule has 1 saturated heterocycles. The number of amides is 2. The highest BCUT2D eigenvalue weighted by molar-refractivity contribution is 6.31. The predicted molar refractivity (Wildman–Crippen MR) is 121 cm³/mol. The van der Waals surface area contributed by atoms with Crippen molar-refractivity contribution in [3.63, 3.8) is 0 Å². The van der Waals surface area contributed by atoms with Crippen LogP contribution in [0.4, 0.5) is 0 Å². The molecule has 1 aromatic heterocycles. The summed E-state index contributed by atoms with van der Waals surface area (Å²) in [6.45, 7) is 5.05. The van der Waals surface area contributed by atoms with Gasteiger partial charge in [-0.2, -0.15) is 0 Å². The van der Waals surface area contributed by atoms with E-state index in [1.807, 2.05) is 48.5 Å². The molecular weight excluding hydrogens is 412 g/mol. The second kappa shape index (κ2) is 9.10. The number of imidazole rings is 1. The molecule has 2 atom stereocenters. The SMILES string of the molecule is CC(C)C[C@H](NC(=O)C1CC(=O)N(Cc2ccccc2Cl)C1)c1nc2ccccc2[nH]1. The average Bonchev–Trinajstić information content (AvgIpc) is 3.32. The maximum atomic E-state index is 13.1. The van der Waals surface area contributed by atoms with E-state index < -0.39 is 0 Å². The van der Waals surface area contributed by atoms with E-state index in [-0.39, 0.29) is 30.2 Å². The Hall–Kier alpha value is -2.86. The number of nitrogens with zero attached hydrogens (tertiary/aromatic N) is 2. The Bertz CT molecular complexity index is 1060. The Morgan fingerprint density at radius 3 is 2.71 bits per heavy atom. The van der Waals surface area contributed by atoms with Crippen molar-refractivity contribution in [2.24, 2.45) is 11.8 Å². The van der Waals surface area contributed by atoms with Crippen LogP contribution in [0.1, 0.15) is 44.1 Å². The lowest BCUT2D eigenvalue weighted by Crippen LogP contribution is -2.36. The Kier molecular flexibility index (Phi) is 6.28. The molecule has 31 heavy (non-hydrogen) atoms. The number of carbonyl (C=O) groups excluding carboxylic acids is 2. The van der Waals surface area contributed by atoms with E-state index >= 15 is 0 Å². The summed E-state index contributed by atoms with van der Waals surface area (Å²) in [5, 5.41) is 3.78. The van der Waals surface area contributed by atoms with Gasteiger partial charge in [-0.3, -0.25) is 9.59 Å². The van der Waals surface area contributed by atoms with E-state index in [4.69, 9.17) is 11.6 Å². The number of rotatable bonds is 7. The summed E-state index contributed by atoms with van der Waals surface area (Å²) in [6.07, 6.45) is 0.973. The summed E-state index contributed by atoms with van der Waals surface area (Å²) in [4.78, 5) is 35.3. The fourth-order valence-corrected chi connectivity index (χ4v) is 4.27. The van der Waals surface area contributed by atoms with Crippen molar-refractivity contribution < 1.29 is 9.59 Å². The van der Waals surface area contributed by atoms with Gasteiger partial charge in [0.1, 0.15) is 5.82 Å². The lowest BCUT2D eigenvalue weighted by molar-refractivity contribution is -0.129. The first-order valence-electron chi connectivity index (χ1n) is 10.7. The van der Waals surface area contributed by atoms with Gasteiger partial charge in [0.2, 0.25) is 11.8 Å². The molecule has 4 rings (SSSR count). The van der Waals surface area contributed by atoms with Gasteiger partial charge in [0.05, 0.1) is 23.0 Å². The van der Waals surface area contributed by atoms with Gasteiger partial charge in [-0.15, -0.1) is 0 Å². The van der Waals surface area contributed by atoms with Crippen LogP contribution in [0.25, 0.3) is 11.0 Å². The highest BCUT2D eigenvalue weighted by atomic mass is 35.5. The Labute approximate surface area is 187 Å². The van der Waals surface area contributed by atoms with Gasteiger partial charge >= 0.3 is 0 Å². The Morgan fingerprint density at radius 1 is 1.23 bits per heavy atom. The fourth-order valence-electron chi connectivity index (χ4n) is 4.07. The van der Waals surface area contributed by atoms with E-state index in [0.717, 1.165) is 28.8 Å². The molecular formula is C24H27ClN4O2. The summed E-state index contributed by atoms with van der Waals surface area (Å²) in [7, 11) is 0. The minimum Gasteiger partial charge on any atom is -0.346 e. The van der Waals surface area contributed by atoms with E-state index in [1.165, 1.54) is 0 Å². The van der Waals surface area contributed by atoms with Crippen LogP contribution in [-0.2, 0) is 16.1 Å². The molecule has 1 unspecified atom stereocenters. The monoisotopic (exact) mass is 438 g/mol. The maximum absolute atomic E-state index is 13.1.